The molecule has 3 heterocycles. The van der Waals surface area contributed by atoms with Gasteiger partial charge in [-0.15, -0.1) is 5.10 Å². The van der Waals surface area contributed by atoms with Crippen molar-refractivity contribution < 1.29 is 9.18 Å². The Kier molecular flexibility index (Phi) is 4.08. The maximum atomic E-state index is 13.1. The van der Waals surface area contributed by atoms with E-state index in [1.165, 1.54) is 28.9 Å². The van der Waals surface area contributed by atoms with Crippen molar-refractivity contribution >= 4 is 5.91 Å². The highest BCUT2D eigenvalue weighted by Gasteiger charge is 2.25. The average molecular weight is 353 g/mol. The minimum atomic E-state index is -0.378. The molecule has 8 heteroatoms. The Morgan fingerprint density at radius 3 is 2.65 bits per heavy atom. The van der Waals surface area contributed by atoms with Crippen LogP contribution in [0.2, 0.25) is 0 Å². The number of benzene rings is 1. The van der Waals surface area contributed by atoms with Crippen LogP contribution in [0.1, 0.15) is 11.5 Å². The van der Waals surface area contributed by atoms with Crippen LogP contribution in [0.5, 0.6) is 0 Å². The molecule has 0 aliphatic carbocycles. The third kappa shape index (κ3) is 3.01. The first-order valence-electron chi connectivity index (χ1n) is 8.24. The van der Waals surface area contributed by atoms with Gasteiger partial charge < -0.3 is 4.90 Å². The van der Waals surface area contributed by atoms with E-state index in [1.807, 2.05) is 6.07 Å². The number of rotatable bonds is 3. The molecule has 4 rings (SSSR count). The summed E-state index contributed by atoms with van der Waals surface area (Å²) in [5, 5.41) is 4.33. The number of amides is 1. The van der Waals surface area contributed by atoms with E-state index < -0.39 is 0 Å². The molecule has 1 aromatic carbocycles. The largest absolute Gasteiger partial charge is 0.350 e. The second-order valence-corrected chi connectivity index (χ2v) is 6.05. The molecule has 26 heavy (non-hydrogen) atoms. The Labute approximate surface area is 148 Å². The van der Waals surface area contributed by atoms with E-state index in [0.29, 0.717) is 30.3 Å². The lowest BCUT2D eigenvalue weighted by molar-refractivity contribution is -0.132. The van der Waals surface area contributed by atoms with E-state index >= 15 is 0 Å². The molecule has 0 spiro atoms. The molecular formula is C18H16FN5O2. The minimum Gasteiger partial charge on any atom is -0.333 e. The van der Waals surface area contributed by atoms with Crippen molar-refractivity contribution in [1.82, 2.24) is 24.2 Å². The Hall–Kier alpha value is -3.29. The summed E-state index contributed by atoms with van der Waals surface area (Å²) in [5.74, 6) is 0.0794. The molecule has 0 unspecified atom stereocenters. The molecule has 1 aliphatic rings. The SMILES string of the molecule is O=C(Cc1ccccn1)N1CCn2c(nn(-c3ccc(F)cc3)c2=O)C1. The molecule has 0 N–H and O–H groups in total. The Balaban J connectivity index is 1.55. The number of hydrogen-bond donors (Lipinski definition) is 0. The van der Waals surface area contributed by atoms with Gasteiger partial charge in [0.05, 0.1) is 18.7 Å². The number of pyridine rings is 1. The summed E-state index contributed by atoms with van der Waals surface area (Å²) in [4.78, 5) is 30.9. The monoisotopic (exact) mass is 353 g/mol. The van der Waals surface area contributed by atoms with E-state index in [1.54, 1.807) is 27.8 Å². The van der Waals surface area contributed by atoms with Crippen molar-refractivity contribution in [1.29, 1.82) is 0 Å². The third-order valence-corrected chi connectivity index (χ3v) is 4.35. The van der Waals surface area contributed by atoms with Crippen LogP contribution < -0.4 is 5.69 Å². The van der Waals surface area contributed by atoms with Crippen LogP contribution in [-0.4, -0.2) is 36.7 Å². The van der Waals surface area contributed by atoms with Crippen molar-refractivity contribution in [2.45, 2.75) is 19.5 Å². The molecule has 1 aliphatic heterocycles. The third-order valence-electron chi connectivity index (χ3n) is 4.35. The summed E-state index contributed by atoms with van der Waals surface area (Å²) in [6.07, 6.45) is 1.87. The number of nitrogens with zero attached hydrogens (tertiary/aromatic N) is 5. The molecule has 0 fully saturated rings. The van der Waals surface area contributed by atoms with Gasteiger partial charge in [0, 0.05) is 25.0 Å². The zero-order valence-electron chi connectivity index (χ0n) is 13.9. The predicted molar refractivity (Wildman–Crippen MR) is 91.1 cm³/mol. The van der Waals surface area contributed by atoms with Gasteiger partial charge in [0.15, 0.2) is 5.82 Å². The van der Waals surface area contributed by atoms with Gasteiger partial charge in [-0.1, -0.05) is 6.07 Å². The average Bonchev–Trinajstić information content (AvgIpc) is 2.99. The number of hydrogen-bond acceptors (Lipinski definition) is 4. The zero-order valence-corrected chi connectivity index (χ0v) is 13.9. The number of fused-ring (bicyclic) bond motifs is 1. The van der Waals surface area contributed by atoms with Crippen molar-refractivity contribution in [3.63, 3.8) is 0 Å². The number of halogens is 1. The van der Waals surface area contributed by atoms with Crippen molar-refractivity contribution in [2.24, 2.45) is 0 Å². The summed E-state index contributed by atoms with van der Waals surface area (Å²) >= 11 is 0. The number of carbonyl (C=O) groups is 1. The van der Waals surface area contributed by atoms with Gasteiger partial charge in [-0.05, 0) is 36.4 Å². The molecule has 2 aromatic heterocycles. The van der Waals surface area contributed by atoms with E-state index in [-0.39, 0.29) is 30.4 Å². The zero-order chi connectivity index (χ0) is 18.1. The first-order valence-corrected chi connectivity index (χ1v) is 8.24. The molecular weight excluding hydrogens is 337 g/mol. The highest BCUT2D eigenvalue weighted by molar-refractivity contribution is 5.78. The topological polar surface area (TPSA) is 73.0 Å². The summed E-state index contributed by atoms with van der Waals surface area (Å²) in [5.41, 5.74) is 0.908. The molecule has 0 bridgehead atoms. The fraction of sp³-hybridized carbons (Fsp3) is 0.222. The van der Waals surface area contributed by atoms with Crippen LogP contribution in [-0.2, 0) is 24.3 Å². The molecule has 0 radical (unpaired) electrons. The van der Waals surface area contributed by atoms with Gasteiger partial charge in [0.1, 0.15) is 5.82 Å². The van der Waals surface area contributed by atoms with E-state index in [0.717, 1.165) is 0 Å². The fourth-order valence-electron chi connectivity index (χ4n) is 2.98. The van der Waals surface area contributed by atoms with Gasteiger partial charge in [-0.3, -0.25) is 14.3 Å². The normalized spacial score (nSPS) is 13.5. The molecule has 7 nitrogen and oxygen atoms in total. The molecule has 3 aromatic rings. The van der Waals surface area contributed by atoms with Gasteiger partial charge >= 0.3 is 5.69 Å². The van der Waals surface area contributed by atoms with Gasteiger partial charge in [-0.25, -0.2) is 9.18 Å². The lowest BCUT2D eigenvalue weighted by Gasteiger charge is -2.26. The van der Waals surface area contributed by atoms with Gasteiger partial charge in [-0.2, -0.15) is 4.68 Å². The summed E-state index contributed by atoms with van der Waals surface area (Å²) in [6, 6.07) is 11.0. The maximum Gasteiger partial charge on any atom is 0.350 e. The first kappa shape index (κ1) is 16.2. The Morgan fingerprint density at radius 2 is 1.92 bits per heavy atom. The van der Waals surface area contributed by atoms with Crippen LogP contribution in [0.4, 0.5) is 4.39 Å². The highest BCUT2D eigenvalue weighted by Crippen LogP contribution is 2.12. The molecule has 0 saturated carbocycles. The van der Waals surface area contributed by atoms with Crippen LogP contribution in [0, 0.1) is 5.82 Å². The highest BCUT2D eigenvalue weighted by atomic mass is 19.1. The molecule has 0 atom stereocenters. The van der Waals surface area contributed by atoms with Crippen LogP contribution >= 0.6 is 0 Å². The minimum absolute atomic E-state index is 0.0567. The lowest BCUT2D eigenvalue weighted by Crippen LogP contribution is -2.41. The van der Waals surface area contributed by atoms with E-state index in [4.69, 9.17) is 0 Å². The Morgan fingerprint density at radius 1 is 1.12 bits per heavy atom. The second-order valence-electron chi connectivity index (χ2n) is 6.05. The van der Waals surface area contributed by atoms with Crippen molar-refractivity contribution in [3.8, 4) is 5.69 Å². The van der Waals surface area contributed by atoms with Crippen molar-refractivity contribution in [3.05, 3.63) is 76.5 Å². The predicted octanol–water partition coefficient (Wildman–Crippen LogP) is 1.15. The smallest absolute Gasteiger partial charge is 0.333 e. The molecule has 132 valence electrons. The van der Waals surface area contributed by atoms with Gasteiger partial charge in [0.25, 0.3) is 0 Å². The van der Waals surface area contributed by atoms with E-state index in [2.05, 4.69) is 10.1 Å². The Bertz CT molecular complexity index is 995. The lowest BCUT2D eigenvalue weighted by atomic mass is 10.2. The van der Waals surface area contributed by atoms with Crippen molar-refractivity contribution in [2.75, 3.05) is 6.54 Å². The summed E-state index contributed by atoms with van der Waals surface area (Å²) in [7, 11) is 0. The summed E-state index contributed by atoms with van der Waals surface area (Å²) in [6.45, 7) is 1.08. The second kappa shape index (κ2) is 6.55. The quantitative estimate of drug-likeness (QED) is 0.708. The first-order chi connectivity index (χ1) is 12.6. The van der Waals surface area contributed by atoms with Crippen LogP contribution in [0.25, 0.3) is 5.69 Å². The number of aromatic nitrogens is 4. The summed E-state index contributed by atoms with van der Waals surface area (Å²) < 4.78 is 15.9. The van der Waals surface area contributed by atoms with Crippen LogP contribution in [0.3, 0.4) is 0 Å². The van der Waals surface area contributed by atoms with E-state index in [9.17, 15) is 14.0 Å². The molecule has 1 amide bonds. The molecule has 0 saturated heterocycles. The van der Waals surface area contributed by atoms with Crippen LogP contribution in [0.15, 0.2) is 53.5 Å². The van der Waals surface area contributed by atoms with Gasteiger partial charge in [0.2, 0.25) is 5.91 Å². The fourth-order valence-corrected chi connectivity index (χ4v) is 2.98. The number of carbonyl (C=O) groups excluding carboxylic acids is 1. The standard InChI is InChI=1S/C18H16FN5O2/c19-13-4-6-15(7-5-13)24-18(26)23-10-9-22(12-16(23)21-24)17(25)11-14-3-1-2-8-20-14/h1-8H,9-12H2. The maximum absolute atomic E-state index is 13.1.